The summed E-state index contributed by atoms with van der Waals surface area (Å²) in [5.41, 5.74) is 0. The monoisotopic (exact) mass is 328 g/mol. The molecule has 0 bridgehead atoms. The third-order valence-electron chi connectivity index (χ3n) is 1.23. The third-order valence-corrected chi connectivity index (χ3v) is 3.32. The van der Waals surface area contributed by atoms with Gasteiger partial charge in [-0.25, -0.2) is 4.21 Å². The van der Waals surface area contributed by atoms with Gasteiger partial charge in [-0.1, -0.05) is 11.6 Å². The molecule has 1 rings (SSSR count). The molecule has 7 nitrogen and oxygen atoms in total. The molecule has 0 saturated heterocycles. The minimum atomic E-state index is -4.47. The van der Waals surface area contributed by atoms with Crippen molar-refractivity contribution in [2.24, 2.45) is 0 Å². The molecule has 1 aromatic heterocycles. The number of nitrogens with one attached hydrogen (secondary N) is 1. The minimum Gasteiger partial charge on any atom is -0.746 e. The largest absolute Gasteiger partial charge is 1.00 e. The quantitative estimate of drug-likeness (QED) is 0.435. The van der Waals surface area contributed by atoms with Crippen LogP contribution < -0.4 is 64.4 Å². The fraction of sp³-hybridized carbons (Fsp3) is 0.167. The number of rotatable bonds is 3. The topological polar surface area (TPSA) is 118 Å². The molecule has 0 fully saturated rings. The van der Waals surface area contributed by atoms with Gasteiger partial charge in [-0.05, 0) is 12.1 Å². The number of carbonyl (C=O) groups is 1. The first-order valence-electron chi connectivity index (χ1n) is 3.76. The second-order valence-corrected chi connectivity index (χ2v) is 6.12. The van der Waals surface area contributed by atoms with E-state index in [2.05, 4.69) is 15.5 Å². The summed E-state index contributed by atoms with van der Waals surface area (Å²) in [7, 11) is -4.48. The third kappa shape index (κ3) is 9.98. The molecule has 0 aliphatic carbocycles. The number of hydrogen-bond donors (Lipinski definition) is 1. The molecule has 0 aliphatic rings. The smallest absolute Gasteiger partial charge is 0.746 e. The van der Waals surface area contributed by atoms with Gasteiger partial charge >= 0.3 is 59.1 Å². The second kappa shape index (κ2) is 9.94. The molecular formula is C6H5ClN3Na2O4S2+. The second-order valence-electron chi connectivity index (χ2n) is 2.46. The Morgan fingerprint density at radius 2 is 2.00 bits per heavy atom. The zero-order valence-corrected chi connectivity index (χ0v) is 16.0. The van der Waals surface area contributed by atoms with Gasteiger partial charge in [0.15, 0.2) is 11.0 Å². The van der Waals surface area contributed by atoms with Crippen molar-refractivity contribution in [1.82, 2.24) is 10.2 Å². The van der Waals surface area contributed by atoms with Crippen molar-refractivity contribution in [3.05, 3.63) is 17.3 Å². The Morgan fingerprint density at radius 3 is 2.44 bits per heavy atom. The van der Waals surface area contributed by atoms with Gasteiger partial charge in [-0.3, -0.25) is 4.79 Å². The van der Waals surface area contributed by atoms with Gasteiger partial charge in [0.25, 0.3) is 11.7 Å². The zero-order valence-electron chi connectivity index (χ0n) is 9.58. The molecule has 0 atom stereocenters. The number of carbonyl (C=O) groups excluding carboxylic acids is 1. The first-order valence-corrected chi connectivity index (χ1v) is 7.05. The number of amides is 1. The molecule has 1 amide bonds. The molecule has 0 unspecified atom stereocenters. The van der Waals surface area contributed by atoms with Crippen LogP contribution in [0.25, 0.3) is 0 Å². The van der Waals surface area contributed by atoms with Gasteiger partial charge in [0, 0.05) is 0 Å². The summed E-state index contributed by atoms with van der Waals surface area (Å²) < 4.78 is 30.6. The van der Waals surface area contributed by atoms with Crippen LogP contribution >= 0.6 is 11.6 Å². The molecule has 0 radical (unpaired) electrons. The van der Waals surface area contributed by atoms with E-state index in [1.807, 2.05) is 0 Å². The van der Waals surface area contributed by atoms with E-state index in [-0.39, 0.29) is 80.4 Å². The number of anilines is 1. The van der Waals surface area contributed by atoms with Crippen LogP contribution in [0.15, 0.2) is 12.1 Å². The van der Waals surface area contributed by atoms with E-state index >= 15 is 0 Å². The summed E-state index contributed by atoms with van der Waals surface area (Å²) >= 11 is 5.46. The average Bonchev–Trinajstić information content (AvgIpc) is 2.18. The Morgan fingerprint density at radius 1 is 1.39 bits per heavy atom. The SMILES string of the molecule is O=C(C[S+]=S(=O)([O-])[O-])Nc1ccc(Cl)nn1.[Na+].[Na+]. The summed E-state index contributed by atoms with van der Waals surface area (Å²) in [5, 5.41) is 9.37. The van der Waals surface area contributed by atoms with Crippen molar-refractivity contribution in [2.45, 2.75) is 0 Å². The van der Waals surface area contributed by atoms with E-state index in [0.717, 1.165) is 0 Å². The molecule has 0 aromatic carbocycles. The van der Waals surface area contributed by atoms with Crippen molar-refractivity contribution in [3.63, 3.8) is 0 Å². The van der Waals surface area contributed by atoms with Crippen LogP contribution in [0.4, 0.5) is 5.82 Å². The maximum atomic E-state index is 11.1. The molecule has 1 N–H and O–H groups in total. The van der Waals surface area contributed by atoms with Crippen molar-refractivity contribution in [2.75, 3.05) is 11.1 Å². The van der Waals surface area contributed by atoms with Gasteiger partial charge < -0.3 is 14.4 Å². The van der Waals surface area contributed by atoms with Crippen LogP contribution in [-0.2, 0) is 24.2 Å². The molecule has 18 heavy (non-hydrogen) atoms. The predicted octanol–water partition coefficient (Wildman–Crippen LogP) is -6.38. The van der Waals surface area contributed by atoms with Crippen LogP contribution in [0.3, 0.4) is 0 Å². The molecule has 0 aliphatic heterocycles. The van der Waals surface area contributed by atoms with E-state index < -0.39 is 20.7 Å². The molecule has 0 spiro atoms. The number of nitrogens with zero attached hydrogens (tertiary/aromatic N) is 2. The van der Waals surface area contributed by atoms with Crippen LogP contribution in [0, 0.1) is 0 Å². The molecule has 0 saturated carbocycles. The van der Waals surface area contributed by atoms with E-state index in [4.69, 9.17) is 11.6 Å². The van der Waals surface area contributed by atoms with E-state index in [1.165, 1.54) is 12.1 Å². The molecule has 1 aromatic rings. The fourth-order valence-corrected chi connectivity index (χ4v) is 1.87. The predicted molar refractivity (Wildman–Crippen MR) is 57.6 cm³/mol. The standard InChI is InChI=1S/C6H6ClN3O4S2.2Na/c7-4-1-2-5(10-9-4)8-6(11)3-15-16(12,13)14;;/h1-2H,3H2,(H2-,8,10,11,12,13,14);;/q;2*+1/p-1. The van der Waals surface area contributed by atoms with Crippen LogP contribution in [0.1, 0.15) is 0 Å². The summed E-state index contributed by atoms with van der Waals surface area (Å²) in [6, 6.07) is 2.80. The van der Waals surface area contributed by atoms with Crippen molar-refractivity contribution < 1.29 is 77.2 Å². The fourth-order valence-electron chi connectivity index (χ4n) is 0.687. The first-order chi connectivity index (χ1) is 7.37. The first kappa shape index (κ1) is 21.4. The number of hydrogen-bond acceptors (Lipinski definition) is 6. The maximum Gasteiger partial charge on any atom is 1.00 e. The van der Waals surface area contributed by atoms with Crippen LogP contribution in [0.5, 0.6) is 0 Å². The van der Waals surface area contributed by atoms with Gasteiger partial charge in [0.1, 0.15) is 0 Å². The van der Waals surface area contributed by atoms with Gasteiger partial charge in [0.2, 0.25) is 10.3 Å². The maximum absolute atomic E-state index is 11.1. The van der Waals surface area contributed by atoms with Crippen molar-refractivity contribution >= 4 is 42.7 Å². The van der Waals surface area contributed by atoms with E-state index in [9.17, 15) is 18.1 Å². The Hall–Kier alpha value is 1.13. The normalized spacial score (nSPS) is 9.72. The van der Waals surface area contributed by atoms with E-state index in [0.29, 0.717) is 0 Å². The minimum absolute atomic E-state index is 0. The molecular weight excluding hydrogens is 324 g/mol. The van der Waals surface area contributed by atoms with Crippen molar-refractivity contribution in [1.29, 1.82) is 0 Å². The summed E-state index contributed by atoms with van der Waals surface area (Å²) in [5.74, 6) is -1.05. The summed E-state index contributed by atoms with van der Waals surface area (Å²) in [6.07, 6.45) is 0. The Labute approximate surface area is 156 Å². The van der Waals surface area contributed by atoms with Gasteiger partial charge in [-0.15, -0.1) is 10.2 Å². The molecule has 88 valence electrons. The van der Waals surface area contributed by atoms with E-state index in [1.54, 1.807) is 0 Å². The van der Waals surface area contributed by atoms with Crippen LogP contribution in [0.2, 0.25) is 5.15 Å². The number of halogens is 1. The average molecular weight is 329 g/mol. The van der Waals surface area contributed by atoms with Crippen molar-refractivity contribution in [3.8, 4) is 0 Å². The summed E-state index contributed by atoms with van der Waals surface area (Å²) in [6.45, 7) is 0. The number of aromatic nitrogens is 2. The summed E-state index contributed by atoms with van der Waals surface area (Å²) in [4.78, 5) is 11.1. The molecule has 12 heteroatoms. The van der Waals surface area contributed by atoms with Gasteiger partial charge in [0.05, 0.1) is 9.05 Å². The zero-order chi connectivity index (χ0) is 12.2. The Bertz CT molecular complexity index is 498. The Balaban J connectivity index is 0. The molecule has 1 heterocycles. The Kier molecular flexibility index (Phi) is 11.8. The van der Waals surface area contributed by atoms with Gasteiger partial charge in [-0.2, -0.15) is 0 Å². The van der Waals surface area contributed by atoms with Crippen LogP contribution in [-0.4, -0.2) is 35.2 Å².